The first kappa shape index (κ1) is 5.04. The Balaban J connectivity index is 2.11. The summed E-state index contributed by atoms with van der Waals surface area (Å²) < 4.78 is 0. The van der Waals surface area contributed by atoms with Crippen LogP contribution in [0.15, 0.2) is 0 Å². The maximum atomic E-state index is 1.61. The van der Waals surface area contributed by atoms with Crippen molar-refractivity contribution in [2.24, 2.45) is 11.8 Å². The lowest BCUT2D eigenvalue weighted by molar-refractivity contribution is 0.480. The van der Waals surface area contributed by atoms with Gasteiger partial charge in [0, 0.05) is 10.2 Å². The molecule has 0 aromatic rings. The quantitative estimate of drug-likeness (QED) is 0.424. The van der Waals surface area contributed by atoms with Crippen LogP contribution in [-0.4, -0.2) is 10.2 Å². The first-order chi connectivity index (χ1) is 3.86. The molecule has 0 aromatic heterocycles. The molecule has 0 N–H and O–H groups in total. The lowest BCUT2D eigenvalue weighted by atomic mass is 10.0. The third kappa shape index (κ3) is 0.571. The third-order valence-corrected chi connectivity index (χ3v) is 4.51. The molecular weight excluding hydrogens is 112 g/mol. The van der Waals surface area contributed by atoms with Gasteiger partial charge in [0.15, 0.2) is 0 Å². The van der Waals surface area contributed by atoms with Gasteiger partial charge in [-0.15, -0.1) is 0 Å². The van der Waals surface area contributed by atoms with Crippen LogP contribution >= 0.6 is 0 Å². The Kier molecular flexibility index (Phi) is 1.01. The minimum absolute atomic E-state index is 1.18. The molecule has 0 saturated heterocycles. The fraction of sp³-hybridized carbons (Fsp3) is 1.00. The number of fused-ring (bicyclic) bond motifs is 2. The highest BCUT2D eigenvalue weighted by Gasteiger charge is 2.36. The average molecular weight is 126 g/mol. The fourth-order valence-electron chi connectivity index (χ4n) is 2.56. The van der Waals surface area contributed by atoms with Crippen LogP contribution in [0.2, 0.25) is 5.54 Å². The molecule has 3 unspecified atom stereocenters. The summed E-state index contributed by atoms with van der Waals surface area (Å²) in [4.78, 5) is 0. The van der Waals surface area contributed by atoms with Crippen molar-refractivity contribution in [2.45, 2.75) is 31.2 Å². The van der Waals surface area contributed by atoms with Crippen molar-refractivity contribution in [3.63, 3.8) is 0 Å². The van der Waals surface area contributed by atoms with Gasteiger partial charge in [-0.3, -0.25) is 0 Å². The van der Waals surface area contributed by atoms with Gasteiger partial charge >= 0.3 is 0 Å². The van der Waals surface area contributed by atoms with E-state index in [0.29, 0.717) is 0 Å². The average Bonchev–Trinajstić information content (AvgIpc) is 2.23. The normalized spacial score (nSPS) is 53.2. The molecule has 0 nitrogen and oxygen atoms in total. The molecule has 3 atom stereocenters. The Hall–Kier alpha value is 0.217. The van der Waals surface area contributed by atoms with Gasteiger partial charge in [0.25, 0.3) is 0 Å². The Morgan fingerprint density at radius 2 is 2.00 bits per heavy atom. The lowest BCUT2D eigenvalue weighted by Gasteiger charge is -2.15. The Morgan fingerprint density at radius 3 is 2.25 bits per heavy atom. The van der Waals surface area contributed by atoms with Crippen LogP contribution in [0, 0.1) is 11.8 Å². The molecule has 2 bridgehead atoms. The van der Waals surface area contributed by atoms with Gasteiger partial charge < -0.3 is 0 Å². The summed E-state index contributed by atoms with van der Waals surface area (Å²) in [6.45, 7) is 0. The lowest BCUT2D eigenvalue weighted by Crippen LogP contribution is -2.02. The van der Waals surface area contributed by atoms with Crippen molar-refractivity contribution in [2.75, 3.05) is 0 Å². The zero-order valence-corrected chi connectivity index (χ0v) is 7.56. The van der Waals surface area contributed by atoms with Crippen molar-refractivity contribution in [3.8, 4) is 0 Å². The van der Waals surface area contributed by atoms with Crippen LogP contribution in [-0.2, 0) is 0 Å². The maximum absolute atomic E-state index is 1.61. The number of hydrogen-bond acceptors (Lipinski definition) is 0. The van der Waals surface area contributed by atoms with Gasteiger partial charge in [-0.05, 0) is 18.3 Å². The van der Waals surface area contributed by atoms with E-state index < -0.39 is 0 Å². The molecule has 46 valence electrons. The Morgan fingerprint density at radius 1 is 1.12 bits per heavy atom. The minimum atomic E-state index is 1.18. The van der Waals surface area contributed by atoms with Gasteiger partial charge in [0.1, 0.15) is 0 Å². The summed E-state index contributed by atoms with van der Waals surface area (Å²) >= 11 is 0. The zero-order valence-electron chi connectivity index (χ0n) is 5.56. The Bertz CT molecular complexity index is 98.6. The van der Waals surface area contributed by atoms with E-state index in [2.05, 4.69) is 0 Å². The van der Waals surface area contributed by atoms with Crippen LogP contribution in [0.5, 0.6) is 0 Å². The van der Waals surface area contributed by atoms with E-state index in [9.17, 15) is 0 Å². The second-order valence-corrected chi connectivity index (χ2v) is 5.14. The predicted octanol–water partition coefficient (Wildman–Crippen LogP) is 0.960. The highest BCUT2D eigenvalue weighted by atomic mass is 28.1. The molecule has 2 aliphatic carbocycles. The molecule has 0 spiro atoms. The smallest absolute Gasteiger partial charge is 0.00709 e. The molecule has 2 aliphatic rings. The summed E-state index contributed by atoms with van der Waals surface area (Å²) in [5.41, 5.74) is 1.22. The van der Waals surface area contributed by atoms with Crippen molar-refractivity contribution in [1.82, 2.24) is 0 Å². The maximum Gasteiger partial charge on any atom is 0.00709 e. The highest BCUT2D eigenvalue weighted by molar-refractivity contribution is 6.12. The largest absolute Gasteiger partial charge is 0.0516 e. The molecule has 8 heavy (non-hydrogen) atoms. The van der Waals surface area contributed by atoms with Crippen molar-refractivity contribution in [1.29, 1.82) is 0 Å². The molecule has 0 aromatic carbocycles. The van der Waals surface area contributed by atoms with Crippen LogP contribution in [0.25, 0.3) is 0 Å². The highest BCUT2D eigenvalue weighted by Crippen LogP contribution is 2.49. The van der Waals surface area contributed by atoms with E-state index in [-0.39, 0.29) is 0 Å². The summed E-state index contributed by atoms with van der Waals surface area (Å²) in [7, 11) is 1.48. The molecule has 2 fully saturated rings. The fourth-order valence-corrected chi connectivity index (χ4v) is 3.83. The molecule has 0 amide bonds. The van der Waals surface area contributed by atoms with Gasteiger partial charge in [-0.1, -0.05) is 24.8 Å². The SMILES string of the molecule is [SiH3]C1CC2CCC1C2. The number of rotatable bonds is 0. The van der Waals surface area contributed by atoms with Crippen molar-refractivity contribution in [3.05, 3.63) is 0 Å². The third-order valence-electron chi connectivity index (χ3n) is 3.09. The summed E-state index contributed by atoms with van der Waals surface area (Å²) in [5.74, 6) is 2.38. The van der Waals surface area contributed by atoms with E-state index in [0.717, 1.165) is 0 Å². The summed E-state index contributed by atoms with van der Waals surface area (Å²) in [5, 5.41) is 0. The first-order valence-corrected chi connectivity index (χ1v) is 5.01. The van der Waals surface area contributed by atoms with Crippen LogP contribution in [0.4, 0.5) is 0 Å². The zero-order chi connectivity index (χ0) is 5.56. The molecule has 2 rings (SSSR count). The van der Waals surface area contributed by atoms with E-state index in [1.807, 2.05) is 0 Å². The molecule has 2 saturated carbocycles. The van der Waals surface area contributed by atoms with Gasteiger partial charge in [-0.2, -0.15) is 0 Å². The van der Waals surface area contributed by atoms with E-state index in [1.54, 1.807) is 25.7 Å². The molecule has 1 heteroatoms. The van der Waals surface area contributed by atoms with Crippen LogP contribution in [0.3, 0.4) is 0 Å². The van der Waals surface area contributed by atoms with E-state index >= 15 is 0 Å². The monoisotopic (exact) mass is 126 g/mol. The minimum Gasteiger partial charge on any atom is -0.0516 e. The summed E-state index contributed by atoms with van der Waals surface area (Å²) in [6, 6.07) is 0. The first-order valence-electron chi connectivity index (χ1n) is 3.86. The van der Waals surface area contributed by atoms with Gasteiger partial charge in [0.2, 0.25) is 0 Å². The summed E-state index contributed by atoms with van der Waals surface area (Å²) in [6.07, 6.45) is 6.37. The second-order valence-electron chi connectivity index (χ2n) is 3.65. The number of hydrogen-bond donors (Lipinski definition) is 0. The Labute approximate surface area is 54.1 Å². The van der Waals surface area contributed by atoms with Crippen LogP contribution < -0.4 is 0 Å². The molecule has 0 radical (unpaired) electrons. The van der Waals surface area contributed by atoms with Gasteiger partial charge in [0.05, 0.1) is 0 Å². The van der Waals surface area contributed by atoms with E-state index in [4.69, 9.17) is 0 Å². The predicted molar refractivity (Wildman–Crippen MR) is 39.1 cm³/mol. The van der Waals surface area contributed by atoms with E-state index in [1.165, 1.54) is 27.6 Å². The van der Waals surface area contributed by atoms with Gasteiger partial charge in [-0.25, -0.2) is 0 Å². The molecular formula is C7H14Si. The molecule has 0 aliphatic heterocycles. The van der Waals surface area contributed by atoms with Crippen molar-refractivity contribution >= 4 is 10.2 Å². The van der Waals surface area contributed by atoms with Crippen LogP contribution in [0.1, 0.15) is 25.7 Å². The second kappa shape index (κ2) is 1.60. The topological polar surface area (TPSA) is 0 Å². The molecule has 0 heterocycles. The standard InChI is InChI=1S/C7H14Si/c8-7-4-5-1-2-6(7)3-5/h5-7H,1-4H2,8H3. The van der Waals surface area contributed by atoms with Crippen molar-refractivity contribution < 1.29 is 0 Å².